The van der Waals surface area contributed by atoms with Gasteiger partial charge in [-0.05, 0) is 18.4 Å². The molecule has 1 amide bonds. The van der Waals surface area contributed by atoms with Crippen molar-refractivity contribution < 1.29 is 4.79 Å². The molecule has 1 heterocycles. The SMILES string of the molecule is CCN(CC(C)C(N)=S)C(=O)Cc1cccs1. The van der Waals surface area contributed by atoms with E-state index in [-0.39, 0.29) is 11.8 Å². The van der Waals surface area contributed by atoms with Crippen molar-refractivity contribution in [2.24, 2.45) is 11.7 Å². The normalized spacial score (nSPS) is 12.1. The number of amides is 1. The van der Waals surface area contributed by atoms with Crippen molar-refractivity contribution in [3.8, 4) is 0 Å². The minimum Gasteiger partial charge on any atom is -0.393 e. The molecule has 1 atom stereocenters. The molecule has 1 rings (SSSR count). The Bertz CT molecular complexity index is 376. The number of likely N-dealkylation sites (N-methyl/N-ethyl adjacent to an activating group) is 1. The van der Waals surface area contributed by atoms with E-state index in [2.05, 4.69) is 0 Å². The summed E-state index contributed by atoms with van der Waals surface area (Å²) in [4.78, 5) is 15.4. The van der Waals surface area contributed by atoms with Crippen LogP contribution in [0.4, 0.5) is 0 Å². The van der Waals surface area contributed by atoms with Gasteiger partial charge in [0.15, 0.2) is 0 Å². The smallest absolute Gasteiger partial charge is 0.227 e. The van der Waals surface area contributed by atoms with E-state index in [1.807, 2.05) is 36.3 Å². The number of thiocarbonyl (C=S) groups is 1. The van der Waals surface area contributed by atoms with E-state index in [9.17, 15) is 4.79 Å². The largest absolute Gasteiger partial charge is 0.393 e. The fourth-order valence-corrected chi connectivity index (χ4v) is 2.27. The predicted molar refractivity (Wildman–Crippen MR) is 76.2 cm³/mol. The molecule has 0 saturated carbocycles. The molecule has 0 spiro atoms. The van der Waals surface area contributed by atoms with E-state index < -0.39 is 0 Å². The summed E-state index contributed by atoms with van der Waals surface area (Å²) in [6.07, 6.45) is 0.468. The van der Waals surface area contributed by atoms with Crippen LogP contribution in [0.25, 0.3) is 0 Å². The summed E-state index contributed by atoms with van der Waals surface area (Å²) >= 11 is 6.54. The maximum atomic E-state index is 12.0. The molecule has 0 bridgehead atoms. The monoisotopic (exact) mass is 270 g/mol. The Hall–Kier alpha value is -0.940. The third kappa shape index (κ3) is 4.44. The quantitative estimate of drug-likeness (QED) is 0.805. The first kappa shape index (κ1) is 14.1. The molecule has 0 aromatic carbocycles. The average Bonchev–Trinajstić information content (AvgIpc) is 2.77. The van der Waals surface area contributed by atoms with Crippen LogP contribution in [0.15, 0.2) is 17.5 Å². The van der Waals surface area contributed by atoms with Crippen LogP contribution in [0, 0.1) is 5.92 Å². The van der Waals surface area contributed by atoms with Gasteiger partial charge in [-0.15, -0.1) is 11.3 Å². The minimum atomic E-state index is 0.0669. The van der Waals surface area contributed by atoms with Crippen molar-refractivity contribution in [2.75, 3.05) is 13.1 Å². The Kier molecular flexibility index (Phi) is 5.58. The van der Waals surface area contributed by atoms with Crippen LogP contribution in [0.5, 0.6) is 0 Å². The molecule has 17 heavy (non-hydrogen) atoms. The van der Waals surface area contributed by atoms with Gasteiger partial charge in [0.2, 0.25) is 5.91 Å². The lowest BCUT2D eigenvalue weighted by Gasteiger charge is -2.24. The molecule has 94 valence electrons. The van der Waals surface area contributed by atoms with Crippen molar-refractivity contribution in [1.82, 2.24) is 4.90 Å². The highest BCUT2D eigenvalue weighted by Gasteiger charge is 2.16. The fraction of sp³-hybridized carbons (Fsp3) is 0.500. The Labute approximate surface area is 112 Å². The lowest BCUT2D eigenvalue weighted by Crippen LogP contribution is -2.38. The molecule has 0 aliphatic rings. The number of nitrogens with two attached hydrogens (primary N) is 1. The number of rotatable bonds is 6. The van der Waals surface area contributed by atoms with Gasteiger partial charge < -0.3 is 10.6 Å². The van der Waals surface area contributed by atoms with Crippen LogP contribution < -0.4 is 5.73 Å². The molecule has 1 aromatic rings. The van der Waals surface area contributed by atoms with E-state index >= 15 is 0 Å². The van der Waals surface area contributed by atoms with E-state index in [1.165, 1.54) is 0 Å². The zero-order valence-electron chi connectivity index (χ0n) is 10.2. The molecule has 0 saturated heterocycles. The zero-order valence-corrected chi connectivity index (χ0v) is 11.8. The standard InChI is InChI=1S/C12H18N2OS2/c1-3-14(8-9(2)12(13)16)11(15)7-10-5-4-6-17-10/h4-6,9H,3,7-8H2,1-2H3,(H2,13,16). The molecule has 3 nitrogen and oxygen atoms in total. The Morgan fingerprint density at radius 2 is 2.35 bits per heavy atom. The van der Waals surface area contributed by atoms with Gasteiger partial charge in [0.25, 0.3) is 0 Å². The van der Waals surface area contributed by atoms with Gasteiger partial charge in [-0.2, -0.15) is 0 Å². The molecule has 5 heteroatoms. The number of thiophene rings is 1. The number of carbonyl (C=O) groups excluding carboxylic acids is 1. The summed E-state index contributed by atoms with van der Waals surface area (Å²) in [5.41, 5.74) is 5.57. The second-order valence-corrected chi connectivity index (χ2v) is 5.50. The summed E-state index contributed by atoms with van der Waals surface area (Å²) in [6, 6.07) is 3.94. The van der Waals surface area contributed by atoms with Gasteiger partial charge >= 0.3 is 0 Å². The molecule has 2 N–H and O–H groups in total. The fourth-order valence-electron chi connectivity index (χ4n) is 1.50. The summed E-state index contributed by atoms with van der Waals surface area (Å²) in [6.45, 7) is 5.22. The molecule has 0 aliphatic carbocycles. The van der Waals surface area contributed by atoms with E-state index in [1.54, 1.807) is 11.3 Å². The molecular formula is C12H18N2OS2. The second kappa shape index (κ2) is 6.71. The number of hydrogen-bond acceptors (Lipinski definition) is 3. The van der Waals surface area contributed by atoms with Gasteiger partial charge in [-0.1, -0.05) is 25.2 Å². The van der Waals surface area contributed by atoms with Gasteiger partial charge in [-0.25, -0.2) is 0 Å². The summed E-state index contributed by atoms with van der Waals surface area (Å²) < 4.78 is 0. The van der Waals surface area contributed by atoms with Crippen LogP contribution in [0.3, 0.4) is 0 Å². The zero-order chi connectivity index (χ0) is 12.8. The first-order valence-corrected chi connectivity index (χ1v) is 6.92. The maximum absolute atomic E-state index is 12.0. The summed E-state index contributed by atoms with van der Waals surface area (Å²) in [7, 11) is 0. The lowest BCUT2D eigenvalue weighted by molar-refractivity contribution is -0.130. The predicted octanol–water partition coefficient (Wildman–Crippen LogP) is 2.06. The summed E-state index contributed by atoms with van der Waals surface area (Å²) in [5, 5.41) is 1.98. The van der Waals surface area contributed by atoms with Gasteiger partial charge in [-0.3, -0.25) is 4.79 Å². The van der Waals surface area contributed by atoms with Crippen molar-refractivity contribution in [1.29, 1.82) is 0 Å². The van der Waals surface area contributed by atoms with Crippen LogP contribution in [-0.2, 0) is 11.2 Å². The Morgan fingerprint density at radius 3 is 2.82 bits per heavy atom. The van der Waals surface area contributed by atoms with Gasteiger partial charge in [0.05, 0.1) is 11.4 Å². The number of nitrogens with zero attached hydrogens (tertiary/aromatic N) is 1. The van der Waals surface area contributed by atoms with Crippen molar-refractivity contribution in [2.45, 2.75) is 20.3 Å². The highest BCUT2D eigenvalue weighted by Crippen LogP contribution is 2.11. The third-order valence-corrected chi connectivity index (χ3v) is 3.90. The van der Waals surface area contributed by atoms with Crippen molar-refractivity contribution >= 4 is 34.5 Å². The Morgan fingerprint density at radius 1 is 1.65 bits per heavy atom. The highest BCUT2D eigenvalue weighted by molar-refractivity contribution is 7.80. The van der Waals surface area contributed by atoms with E-state index in [0.29, 0.717) is 24.5 Å². The number of hydrogen-bond donors (Lipinski definition) is 1. The van der Waals surface area contributed by atoms with Gasteiger partial charge in [0.1, 0.15) is 0 Å². The first-order chi connectivity index (χ1) is 8.04. The second-order valence-electron chi connectivity index (χ2n) is 3.99. The van der Waals surface area contributed by atoms with Crippen molar-refractivity contribution in [3.63, 3.8) is 0 Å². The van der Waals surface area contributed by atoms with Gasteiger partial charge in [0, 0.05) is 23.9 Å². The van der Waals surface area contributed by atoms with Crippen molar-refractivity contribution in [3.05, 3.63) is 22.4 Å². The first-order valence-electron chi connectivity index (χ1n) is 5.64. The van der Waals surface area contributed by atoms with Crippen LogP contribution in [0.1, 0.15) is 18.7 Å². The van der Waals surface area contributed by atoms with E-state index in [4.69, 9.17) is 18.0 Å². The van der Waals surface area contributed by atoms with E-state index in [0.717, 1.165) is 4.88 Å². The van der Waals surface area contributed by atoms with Crippen LogP contribution >= 0.6 is 23.6 Å². The topological polar surface area (TPSA) is 46.3 Å². The Balaban J connectivity index is 2.55. The van der Waals surface area contributed by atoms with Crippen LogP contribution in [0.2, 0.25) is 0 Å². The number of carbonyl (C=O) groups is 1. The van der Waals surface area contributed by atoms with Crippen LogP contribution in [-0.4, -0.2) is 28.9 Å². The minimum absolute atomic E-state index is 0.0669. The molecule has 0 fully saturated rings. The highest BCUT2D eigenvalue weighted by atomic mass is 32.1. The lowest BCUT2D eigenvalue weighted by atomic mass is 10.1. The molecule has 0 aliphatic heterocycles. The molecule has 1 aromatic heterocycles. The molecule has 0 radical (unpaired) electrons. The maximum Gasteiger partial charge on any atom is 0.227 e. The molecule has 1 unspecified atom stereocenters. The average molecular weight is 270 g/mol. The summed E-state index contributed by atoms with van der Waals surface area (Å²) in [5.74, 6) is 0.204. The molecular weight excluding hydrogens is 252 g/mol. The third-order valence-electron chi connectivity index (χ3n) is 2.62.